The summed E-state index contributed by atoms with van der Waals surface area (Å²) in [5, 5.41) is 4.82. The van der Waals surface area contributed by atoms with Crippen molar-refractivity contribution in [3.8, 4) is 5.69 Å². The number of aromatic nitrogens is 3. The molecule has 0 radical (unpaired) electrons. The van der Waals surface area contributed by atoms with Gasteiger partial charge in [-0.15, -0.1) is 0 Å². The van der Waals surface area contributed by atoms with E-state index in [1.165, 1.54) is 7.05 Å². The predicted molar refractivity (Wildman–Crippen MR) is 124 cm³/mol. The lowest BCUT2D eigenvalue weighted by Gasteiger charge is -2.36. The first-order valence-corrected chi connectivity index (χ1v) is 10.7. The van der Waals surface area contributed by atoms with Crippen LogP contribution in [0.4, 0.5) is 5.69 Å². The number of carbonyl (C=O) groups is 1. The van der Waals surface area contributed by atoms with Gasteiger partial charge >= 0.3 is 5.69 Å². The molecule has 9 heteroatoms. The Kier molecular flexibility index (Phi) is 5.88. The number of amides is 1. The van der Waals surface area contributed by atoms with Crippen LogP contribution >= 0.6 is 11.6 Å². The van der Waals surface area contributed by atoms with E-state index in [0.29, 0.717) is 36.9 Å². The van der Waals surface area contributed by atoms with E-state index in [1.54, 1.807) is 17.0 Å². The fourth-order valence-electron chi connectivity index (χ4n) is 3.79. The van der Waals surface area contributed by atoms with E-state index in [2.05, 4.69) is 10.00 Å². The summed E-state index contributed by atoms with van der Waals surface area (Å²) >= 11 is 6.15. The van der Waals surface area contributed by atoms with Crippen molar-refractivity contribution in [3.63, 3.8) is 0 Å². The molecule has 0 atom stereocenters. The molecule has 166 valence electrons. The van der Waals surface area contributed by atoms with E-state index in [-0.39, 0.29) is 5.69 Å². The molecule has 2 heterocycles. The van der Waals surface area contributed by atoms with Crippen molar-refractivity contribution in [1.29, 1.82) is 0 Å². The third-order valence-corrected chi connectivity index (χ3v) is 5.97. The molecule has 3 aromatic rings. The molecular weight excluding hydrogens is 430 g/mol. The van der Waals surface area contributed by atoms with Gasteiger partial charge in [0, 0.05) is 43.9 Å². The van der Waals surface area contributed by atoms with Crippen LogP contribution in [-0.2, 0) is 7.05 Å². The Bertz CT molecular complexity index is 1290. The number of benzene rings is 2. The van der Waals surface area contributed by atoms with Crippen molar-refractivity contribution in [1.82, 2.24) is 19.2 Å². The molecule has 1 fully saturated rings. The van der Waals surface area contributed by atoms with Gasteiger partial charge in [0.2, 0.25) is 5.69 Å². The highest BCUT2D eigenvalue weighted by Gasteiger charge is 2.27. The van der Waals surface area contributed by atoms with Crippen molar-refractivity contribution in [2.24, 2.45) is 7.05 Å². The van der Waals surface area contributed by atoms with Gasteiger partial charge < -0.3 is 9.80 Å². The van der Waals surface area contributed by atoms with E-state index >= 15 is 0 Å². The van der Waals surface area contributed by atoms with Gasteiger partial charge in [0.25, 0.3) is 11.5 Å². The lowest BCUT2D eigenvalue weighted by atomic mass is 10.1. The van der Waals surface area contributed by atoms with Gasteiger partial charge in [-0.05, 0) is 43.7 Å². The van der Waals surface area contributed by atoms with Crippen molar-refractivity contribution < 1.29 is 4.79 Å². The fraction of sp³-hybridized carbons (Fsp3) is 0.304. The molecule has 0 aliphatic carbocycles. The van der Waals surface area contributed by atoms with Gasteiger partial charge in [-0.1, -0.05) is 35.4 Å². The van der Waals surface area contributed by atoms with E-state index in [9.17, 15) is 14.4 Å². The Morgan fingerprint density at radius 3 is 2.28 bits per heavy atom. The topological polar surface area (TPSA) is 80.4 Å². The fourth-order valence-corrected chi connectivity index (χ4v) is 3.95. The molecule has 32 heavy (non-hydrogen) atoms. The van der Waals surface area contributed by atoms with Gasteiger partial charge in [0.1, 0.15) is 0 Å². The van der Waals surface area contributed by atoms with Gasteiger partial charge in [-0.2, -0.15) is 9.78 Å². The van der Waals surface area contributed by atoms with Crippen LogP contribution < -0.4 is 16.1 Å². The standard InChI is InChI=1S/C23H24ClN5O3/c1-15-4-8-18(9-5-15)29-23(32)26(3)21(30)20(25-29)22(31)28-12-10-27(11-13-28)19-14-17(24)7-6-16(19)2/h4-9,14H,10-13H2,1-3H3. The maximum Gasteiger partial charge on any atom is 0.351 e. The second-order valence-electron chi connectivity index (χ2n) is 7.95. The van der Waals surface area contributed by atoms with E-state index in [4.69, 9.17) is 11.6 Å². The normalized spacial score (nSPS) is 14.0. The van der Waals surface area contributed by atoms with Crippen molar-refractivity contribution in [2.45, 2.75) is 13.8 Å². The minimum Gasteiger partial charge on any atom is -0.368 e. The van der Waals surface area contributed by atoms with Gasteiger partial charge in [-0.25, -0.2) is 4.79 Å². The van der Waals surface area contributed by atoms with Crippen LogP contribution in [0.2, 0.25) is 5.02 Å². The molecule has 4 rings (SSSR count). The van der Waals surface area contributed by atoms with Crippen molar-refractivity contribution >= 4 is 23.2 Å². The Morgan fingerprint density at radius 1 is 0.969 bits per heavy atom. The van der Waals surface area contributed by atoms with Crippen LogP contribution in [0, 0.1) is 13.8 Å². The minimum absolute atomic E-state index is 0.264. The van der Waals surface area contributed by atoms with Gasteiger partial charge in [-0.3, -0.25) is 14.2 Å². The first-order valence-electron chi connectivity index (χ1n) is 10.3. The first-order chi connectivity index (χ1) is 15.3. The monoisotopic (exact) mass is 453 g/mol. The molecular formula is C23H24ClN5O3. The molecule has 0 spiro atoms. The van der Waals surface area contributed by atoms with Crippen molar-refractivity contribution in [3.05, 3.63) is 85.1 Å². The molecule has 0 bridgehead atoms. The molecule has 1 aromatic heterocycles. The summed E-state index contributed by atoms with van der Waals surface area (Å²) in [5.74, 6) is -0.478. The average Bonchev–Trinajstić information content (AvgIpc) is 2.80. The maximum atomic E-state index is 13.2. The number of aryl methyl sites for hydroxylation is 2. The van der Waals surface area contributed by atoms with Crippen LogP contribution in [0.3, 0.4) is 0 Å². The zero-order valence-electron chi connectivity index (χ0n) is 18.2. The second-order valence-corrected chi connectivity index (χ2v) is 8.39. The largest absolute Gasteiger partial charge is 0.368 e. The summed E-state index contributed by atoms with van der Waals surface area (Å²) in [6.07, 6.45) is 0. The maximum absolute atomic E-state index is 13.2. The second kappa shape index (κ2) is 8.63. The summed E-state index contributed by atoms with van der Waals surface area (Å²) in [7, 11) is 1.35. The molecule has 1 amide bonds. The Labute approximate surface area is 190 Å². The first kappa shape index (κ1) is 21.8. The SMILES string of the molecule is Cc1ccc(-n2nc(C(=O)N3CCN(c4cc(Cl)ccc4C)CC3)c(=O)n(C)c2=O)cc1. The Morgan fingerprint density at radius 2 is 1.62 bits per heavy atom. The summed E-state index contributed by atoms with van der Waals surface area (Å²) < 4.78 is 2.02. The molecule has 0 saturated carbocycles. The van der Waals surface area contributed by atoms with Crippen LogP contribution in [0.1, 0.15) is 21.6 Å². The number of rotatable bonds is 3. The minimum atomic E-state index is -0.698. The molecule has 8 nitrogen and oxygen atoms in total. The molecule has 1 saturated heterocycles. The highest BCUT2D eigenvalue weighted by Crippen LogP contribution is 2.25. The molecule has 0 N–H and O–H groups in total. The van der Waals surface area contributed by atoms with Crippen LogP contribution in [0.15, 0.2) is 52.1 Å². The number of hydrogen-bond donors (Lipinski definition) is 0. The molecule has 0 unspecified atom stereocenters. The quantitative estimate of drug-likeness (QED) is 0.607. The van der Waals surface area contributed by atoms with Crippen LogP contribution in [0.5, 0.6) is 0 Å². The number of carbonyl (C=O) groups excluding carboxylic acids is 1. The van der Waals surface area contributed by atoms with E-state index < -0.39 is 17.2 Å². The number of nitrogens with zero attached hydrogens (tertiary/aromatic N) is 5. The predicted octanol–water partition coefficient (Wildman–Crippen LogP) is 2.16. The number of hydrogen-bond acceptors (Lipinski definition) is 5. The Balaban J connectivity index is 1.60. The number of anilines is 1. The number of halogens is 1. The van der Waals surface area contributed by atoms with E-state index in [0.717, 1.165) is 26.1 Å². The summed E-state index contributed by atoms with van der Waals surface area (Å²) in [6, 6.07) is 12.9. The summed E-state index contributed by atoms with van der Waals surface area (Å²) in [4.78, 5) is 42.3. The number of piperazine rings is 1. The van der Waals surface area contributed by atoms with Crippen molar-refractivity contribution in [2.75, 3.05) is 31.1 Å². The van der Waals surface area contributed by atoms with Crippen LogP contribution in [0.25, 0.3) is 5.69 Å². The lowest BCUT2D eigenvalue weighted by molar-refractivity contribution is 0.0735. The smallest absolute Gasteiger partial charge is 0.351 e. The molecule has 1 aliphatic heterocycles. The summed E-state index contributed by atoms with van der Waals surface area (Å²) in [5.41, 5.74) is 2.09. The van der Waals surface area contributed by atoms with Crippen LogP contribution in [-0.4, -0.2) is 51.3 Å². The highest BCUT2D eigenvalue weighted by molar-refractivity contribution is 6.30. The zero-order chi connectivity index (χ0) is 23.0. The van der Waals surface area contributed by atoms with E-state index in [1.807, 2.05) is 44.2 Å². The third kappa shape index (κ3) is 4.05. The third-order valence-electron chi connectivity index (χ3n) is 5.74. The lowest BCUT2D eigenvalue weighted by Crippen LogP contribution is -2.51. The highest BCUT2D eigenvalue weighted by atomic mass is 35.5. The Hall–Kier alpha value is -3.39. The molecule has 2 aromatic carbocycles. The summed E-state index contributed by atoms with van der Waals surface area (Å²) in [6.45, 7) is 6.01. The molecule has 1 aliphatic rings. The van der Waals surface area contributed by atoms with Gasteiger partial charge in [0.15, 0.2) is 0 Å². The average molecular weight is 454 g/mol. The zero-order valence-corrected chi connectivity index (χ0v) is 19.0. The van der Waals surface area contributed by atoms with Gasteiger partial charge in [0.05, 0.1) is 5.69 Å².